The van der Waals surface area contributed by atoms with Crippen molar-refractivity contribution in [3.63, 3.8) is 0 Å². The summed E-state index contributed by atoms with van der Waals surface area (Å²) in [4.78, 5) is 11.6. The van der Waals surface area contributed by atoms with Crippen molar-refractivity contribution in [3.05, 3.63) is 33.3 Å². The third-order valence-corrected chi connectivity index (χ3v) is 3.52. The standard InChI is InChI=1S/C15H22BrClN2O2/c1-10(19-14(20)21-15(2,3)4)8-18-9-11-5-6-12(17)7-13(11)16/h5-7,10,18H,8-9H2,1-4H3,(H,19,20). The van der Waals surface area contributed by atoms with Crippen LogP contribution in [-0.4, -0.2) is 24.3 Å². The highest BCUT2D eigenvalue weighted by Gasteiger charge is 2.17. The first-order valence-corrected chi connectivity index (χ1v) is 7.98. The molecule has 0 aliphatic heterocycles. The molecule has 2 N–H and O–H groups in total. The number of carbonyl (C=O) groups is 1. The Morgan fingerprint density at radius 2 is 2.10 bits per heavy atom. The second kappa shape index (κ2) is 8.01. The average molecular weight is 378 g/mol. The zero-order valence-corrected chi connectivity index (χ0v) is 15.1. The van der Waals surface area contributed by atoms with Crippen molar-refractivity contribution in [2.24, 2.45) is 0 Å². The Morgan fingerprint density at radius 1 is 1.43 bits per heavy atom. The van der Waals surface area contributed by atoms with Crippen molar-refractivity contribution in [2.75, 3.05) is 6.54 Å². The van der Waals surface area contributed by atoms with Gasteiger partial charge in [0.05, 0.1) is 0 Å². The fourth-order valence-electron chi connectivity index (χ4n) is 1.65. The second-order valence-electron chi connectivity index (χ2n) is 5.91. The molecule has 118 valence electrons. The maximum atomic E-state index is 11.6. The predicted octanol–water partition coefficient (Wildman–Crippen LogP) is 4.11. The molecule has 6 heteroatoms. The minimum absolute atomic E-state index is 0.0223. The molecule has 0 spiro atoms. The lowest BCUT2D eigenvalue weighted by molar-refractivity contribution is 0.0508. The third-order valence-electron chi connectivity index (χ3n) is 2.54. The third kappa shape index (κ3) is 7.69. The Hall–Kier alpha value is -0.780. The Labute approximate surface area is 139 Å². The topological polar surface area (TPSA) is 50.4 Å². The number of nitrogens with one attached hydrogen (secondary N) is 2. The summed E-state index contributed by atoms with van der Waals surface area (Å²) in [5.41, 5.74) is 0.634. The highest BCUT2D eigenvalue weighted by Crippen LogP contribution is 2.21. The summed E-state index contributed by atoms with van der Waals surface area (Å²) in [7, 11) is 0. The monoisotopic (exact) mass is 376 g/mol. The number of hydrogen-bond donors (Lipinski definition) is 2. The van der Waals surface area contributed by atoms with E-state index in [0.717, 1.165) is 10.0 Å². The second-order valence-corrected chi connectivity index (χ2v) is 7.20. The first kappa shape index (κ1) is 18.3. The van der Waals surface area contributed by atoms with E-state index in [1.807, 2.05) is 45.9 Å². The molecule has 1 atom stereocenters. The highest BCUT2D eigenvalue weighted by atomic mass is 79.9. The van der Waals surface area contributed by atoms with Gasteiger partial charge in [0, 0.05) is 28.6 Å². The highest BCUT2D eigenvalue weighted by molar-refractivity contribution is 9.10. The number of rotatable bonds is 5. The molecule has 0 radical (unpaired) electrons. The number of benzene rings is 1. The van der Waals surface area contributed by atoms with Gasteiger partial charge in [0.1, 0.15) is 5.60 Å². The normalized spacial score (nSPS) is 12.9. The van der Waals surface area contributed by atoms with Gasteiger partial charge in [-0.25, -0.2) is 4.79 Å². The number of amides is 1. The SMILES string of the molecule is CC(CNCc1ccc(Cl)cc1Br)NC(=O)OC(C)(C)C. The summed E-state index contributed by atoms with van der Waals surface area (Å²) in [6.07, 6.45) is -0.399. The molecule has 21 heavy (non-hydrogen) atoms. The van der Waals surface area contributed by atoms with E-state index in [2.05, 4.69) is 26.6 Å². The smallest absolute Gasteiger partial charge is 0.407 e. The van der Waals surface area contributed by atoms with Crippen LogP contribution in [0.4, 0.5) is 4.79 Å². The molecular formula is C15H22BrClN2O2. The van der Waals surface area contributed by atoms with Crippen molar-refractivity contribution in [1.29, 1.82) is 0 Å². The number of hydrogen-bond acceptors (Lipinski definition) is 3. The van der Waals surface area contributed by atoms with Crippen molar-refractivity contribution < 1.29 is 9.53 Å². The van der Waals surface area contributed by atoms with Crippen molar-refractivity contribution in [3.8, 4) is 0 Å². The van der Waals surface area contributed by atoms with Crippen LogP contribution in [0, 0.1) is 0 Å². The molecule has 1 amide bonds. The molecular weight excluding hydrogens is 356 g/mol. The summed E-state index contributed by atoms with van der Waals surface area (Å²) >= 11 is 9.37. The van der Waals surface area contributed by atoms with Gasteiger partial charge in [-0.05, 0) is 45.4 Å². The Kier molecular flexibility index (Phi) is 6.97. The summed E-state index contributed by atoms with van der Waals surface area (Å²) in [5, 5.41) is 6.78. The van der Waals surface area contributed by atoms with Crippen LogP contribution in [-0.2, 0) is 11.3 Å². The zero-order chi connectivity index (χ0) is 16.0. The lowest BCUT2D eigenvalue weighted by Gasteiger charge is -2.22. The predicted molar refractivity (Wildman–Crippen MR) is 89.7 cm³/mol. The van der Waals surface area contributed by atoms with E-state index >= 15 is 0 Å². The van der Waals surface area contributed by atoms with Crippen LogP contribution >= 0.6 is 27.5 Å². The summed E-state index contributed by atoms with van der Waals surface area (Å²) in [6.45, 7) is 8.79. The summed E-state index contributed by atoms with van der Waals surface area (Å²) < 4.78 is 6.17. The molecule has 0 fully saturated rings. The van der Waals surface area contributed by atoms with Gasteiger partial charge >= 0.3 is 6.09 Å². The van der Waals surface area contributed by atoms with E-state index in [-0.39, 0.29) is 6.04 Å². The molecule has 1 aromatic carbocycles. The number of alkyl carbamates (subject to hydrolysis) is 1. The Morgan fingerprint density at radius 3 is 2.67 bits per heavy atom. The maximum absolute atomic E-state index is 11.6. The largest absolute Gasteiger partial charge is 0.444 e. The molecule has 0 saturated carbocycles. The summed E-state index contributed by atoms with van der Waals surface area (Å²) in [6, 6.07) is 5.66. The molecule has 4 nitrogen and oxygen atoms in total. The van der Waals surface area contributed by atoms with E-state index < -0.39 is 11.7 Å². The first-order chi connectivity index (χ1) is 9.67. The van der Waals surface area contributed by atoms with Crippen LogP contribution in [0.15, 0.2) is 22.7 Å². The van der Waals surface area contributed by atoms with Gasteiger partial charge in [0.25, 0.3) is 0 Å². The molecule has 0 aromatic heterocycles. The van der Waals surface area contributed by atoms with Gasteiger partial charge in [0.15, 0.2) is 0 Å². The minimum atomic E-state index is -0.481. The van der Waals surface area contributed by atoms with Gasteiger partial charge in [-0.3, -0.25) is 0 Å². The summed E-state index contributed by atoms with van der Waals surface area (Å²) in [5.74, 6) is 0. The van der Waals surface area contributed by atoms with E-state index in [1.54, 1.807) is 0 Å². The van der Waals surface area contributed by atoms with Crippen LogP contribution in [0.3, 0.4) is 0 Å². The van der Waals surface area contributed by atoms with E-state index in [4.69, 9.17) is 16.3 Å². The Bertz CT molecular complexity index is 489. The minimum Gasteiger partial charge on any atom is -0.444 e. The van der Waals surface area contributed by atoms with Gasteiger partial charge in [-0.15, -0.1) is 0 Å². The first-order valence-electron chi connectivity index (χ1n) is 6.81. The van der Waals surface area contributed by atoms with E-state index in [9.17, 15) is 4.79 Å². The van der Waals surface area contributed by atoms with Crippen molar-refractivity contribution >= 4 is 33.6 Å². The molecule has 1 aromatic rings. The zero-order valence-electron chi connectivity index (χ0n) is 12.8. The van der Waals surface area contributed by atoms with Gasteiger partial charge < -0.3 is 15.4 Å². The van der Waals surface area contributed by atoms with Gasteiger partial charge in [-0.1, -0.05) is 33.6 Å². The van der Waals surface area contributed by atoms with Crippen LogP contribution < -0.4 is 10.6 Å². The van der Waals surface area contributed by atoms with Crippen LogP contribution in [0.2, 0.25) is 5.02 Å². The van der Waals surface area contributed by atoms with E-state index in [0.29, 0.717) is 18.1 Å². The van der Waals surface area contributed by atoms with Gasteiger partial charge in [-0.2, -0.15) is 0 Å². The van der Waals surface area contributed by atoms with Crippen molar-refractivity contribution in [1.82, 2.24) is 10.6 Å². The Balaban J connectivity index is 2.33. The molecule has 1 unspecified atom stereocenters. The van der Waals surface area contributed by atoms with Crippen LogP contribution in [0.5, 0.6) is 0 Å². The quantitative estimate of drug-likeness (QED) is 0.812. The fraction of sp³-hybridized carbons (Fsp3) is 0.533. The maximum Gasteiger partial charge on any atom is 0.407 e. The van der Waals surface area contributed by atoms with Crippen molar-refractivity contribution in [2.45, 2.75) is 45.9 Å². The average Bonchev–Trinajstić information content (AvgIpc) is 2.29. The van der Waals surface area contributed by atoms with Gasteiger partial charge in [0.2, 0.25) is 0 Å². The molecule has 0 aliphatic carbocycles. The molecule has 0 saturated heterocycles. The molecule has 0 heterocycles. The lowest BCUT2D eigenvalue weighted by atomic mass is 10.2. The number of ether oxygens (including phenoxy) is 1. The number of carbonyl (C=O) groups excluding carboxylic acids is 1. The molecule has 0 aliphatic rings. The molecule has 0 bridgehead atoms. The fourth-order valence-corrected chi connectivity index (χ4v) is 2.47. The lowest BCUT2D eigenvalue weighted by Crippen LogP contribution is -2.42. The molecule has 1 rings (SSSR count). The number of halogens is 2. The van der Waals surface area contributed by atoms with Crippen LogP contribution in [0.25, 0.3) is 0 Å². The van der Waals surface area contributed by atoms with E-state index in [1.165, 1.54) is 0 Å². The van der Waals surface area contributed by atoms with Crippen LogP contribution in [0.1, 0.15) is 33.3 Å².